The van der Waals surface area contributed by atoms with Gasteiger partial charge in [-0.25, -0.2) is 9.49 Å². The van der Waals surface area contributed by atoms with E-state index in [1.54, 1.807) is 36.3 Å². The minimum absolute atomic E-state index is 0.201. The van der Waals surface area contributed by atoms with E-state index >= 15 is 0 Å². The minimum Gasteiger partial charge on any atom is -0.377 e. The summed E-state index contributed by atoms with van der Waals surface area (Å²) in [6, 6.07) is 12.8. The van der Waals surface area contributed by atoms with Crippen LogP contribution in [0.3, 0.4) is 0 Å². The van der Waals surface area contributed by atoms with Gasteiger partial charge in [-0.15, -0.1) is 0 Å². The molecular formula is C30H35FN4O4. The number of aromatic nitrogens is 2. The molecule has 0 spiro atoms. The van der Waals surface area contributed by atoms with Gasteiger partial charge in [0.05, 0.1) is 29.9 Å². The van der Waals surface area contributed by atoms with E-state index in [0.717, 1.165) is 22.4 Å². The Balaban J connectivity index is 1.48. The van der Waals surface area contributed by atoms with Gasteiger partial charge in [-0.2, -0.15) is 5.10 Å². The number of nitrogens with one attached hydrogen (secondary N) is 2. The van der Waals surface area contributed by atoms with Gasteiger partial charge in [0.25, 0.3) is 11.5 Å². The Morgan fingerprint density at radius 3 is 2.59 bits per heavy atom. The molecule has 1 aliphatic heterocycles. The maximum atomic E-state index is 14.0. The second-order valence-electron chi connectivity index (χ2n) is 10.6. The number of hydrogen-bond acceptors (Lipinski definition) is 5. The lowest BCUT2D eigenvalue weighted by Crippen LogP contribution is -2.52. The zero-order valence-electron chi connectivity index (χ0n) is 23.0. The number of halogens is 1. The van der Waals surface area contributed by atoms with Crippen molar-refractivity contribution in [2.75, 3.05) is 13.7 Å². The Hall–Kier alpha value is -3.85. The molecule has 4 rings (SSSR count). The van der Waals surface area contributed by atoms with Crippen molar-refractivity contribution in [3.63, 3.8) is 0 Å². The van der Waals surface area contributed by atoms with Gasteiger partial charge in [0, 0.05) is 24.7 Å². The SMILES string of the molecule is COC(C)(C)C1CC[C@@H](c2cccc(F)c2)N1C(=O)CNC(=O)c1ccc(Cc2cc(C)n[nH]c2=O)c(C)c1. The van der Waals surface area contributed by atoms with Crippen LogP contribution in [0.25, 0.3) is 0 Å². The van der Waals surface area contributed by atoms with Gasteiger partial charge < -0.3 is 15.0 Å². The molecule has 0 saturated carbocycles. The number of carbonyl (C=O) groups is 2. The molecule has 1 unspecified atom stereocenters. The lowest BCUT2D eigenvalue weighted by Gasteiger charge is -2.39. The first-order valence-corrected chi connectivity index (χ1v) is 13.0. The highest BCUT2D eigenvalue weighted by molar-refractivity contribution is 5.96. The van der Waals surface area contributed by atoms with Crippen LogP contribution < -0.4 is 10.9 Å². The van der Waals surface area contributed by atoms with Crippen molar-refractivity contribution < 1.29 is 18.7 Å². The highest BCUT2D eigenvalue weighted by Gasteiger charge is 2.45. The number of carbonyl (C=O) groups excluding carboxylic acids is 2. The fourth-order valence-electron chi connectivity index (χ4n) is 5.30. The predicted octanol–water partition coefficient (Wildman–Crippen LogP) is 4.00. The summed E-state index contributed by atoms with van der Waals surface area (Å²) < 4.78 is 19.7. The maximum absolute atomic E-state index is 14.0. The second-order valence-corrected chi connectivity index (χ2v) is 10.6. The Bertz CT molecular complexity index is 1430. The second kappa shape index (κ2) is 11.5. The average molecular weight is 535 g/mol. The number of ether oxygens (including phenoxy) is 1. The van der Waals surface area contributed by atoms with Crippen LogP contribution in [0.2, 0.25) is 0 Å². The molecule has 1 fully saturated rings. The molecule has 3 aromatic rings. The van der Waals surface area contributed by atoms with Crippen molar-refractivity contribution in [1.82, 2.24) is 20.4 Å². The third kappa shape index (κ3) is 6.25. The number of nitrogens with zero attached hydrogens (tertiary/aromatic N) is 2. The van der Waals surface area contributed by atoms with E-state index in [1.165, 1.54) is 12.1 Å². The molecule has 206 valence electrons. The first-order valence-electron chi connectivity index (χ1n) is 13.0. The number of aryl methyl sites for hydroxylation is 2. The van der Waals surface area contributed by atoms with Crippen LogP contribution in [0.5, 0.6) is 0 Å². The molecule has 2 N–H and O–H groups in total. The molecule has 2 amide bonds. The van der Waals surface area contributed by atoms with E-state index < -0.39 is 5.60 Å². The van der Waals surface area contributed by atoms with E-state index in [2.05, 4.69) is 15.5 Å². The molecule has 2 aromatic carbocycles. The molecule has 0 aliphatic carbocycles. The molecule has 2 atom stereocenters. The number of hydrogen-bond donors (Lipinski definition) is 2. The lowest BCUT2D eigenvalue weighted by molar-refractivity contribution is -0.139. The average Bonchev–Trinajstić information content (AvgIpc) is 3.37. The third-order valence-corrected chi connectivity index (χ3v) is 7.63. The fourth-order valence-corrected chi connectivity index (χ4v) is 5.30. The van der Waals surface area contributed by atoms with Gasteiger partial charge in [0.1, 0.15) is 5.82 Å². The van der Waals surface area contributed by atoms with Gasteiger partial charge in [-0.1, -0.05) is 18.2 Å². The Morgan fingerprint density at radius 1 is 1.13 bits per heavy atom. The van der Waals surface area contributed by atoms with Crippen LogP contribution in [-0.2, 0) is 16.0 Å². The Labute approximate surface area is 227 Å². The smallest absolute Gasteiger partial charge is 0.267 e. The molecule has 1 saturated heterocycles. The standard InChI is InChI=1S/C30H35FN4O4/c1-18-13-22(10-9-20(18)15-23-14-19(2)33-34-29(23)38)28(37)32-17-27(36)35-25(21-7-6-8-24(31)16-21)11-12-26(35)30(3,4)39-5/h6-10,13-14,16,25-26H,11-12,15,17H2,1-5H3,(H,32,37)(H,34,38)/t25-,26?/m0/s1. The summed E-state index contributed by atoms with van der Waals surface area (Å²) >= 11 is 0. The molecule has 0 radical (unpaired) electrons. The fraction of sp³-hybridized carbons (Fsp3) is 0.400. The van der Waals surface area contributed by atoms with Gasteiger partial charge >= 0.3 is 0 Å². The molecule has 1 aromatic heterocycles. The zero-order valence-corrected chi connectivity index (χ0v) is 23.0. The number of amides is 2. The summed E-state index contributed by atoms with van der Waals surface area (Å²) in [5.41, 5.74) is 3.36. The highest BCUT2D eigenvalue weighted by Crippen LogP contribution is 2.41. The first kappa shape index (κ1) is 28.2. The Morgan fingerprint density at radius 2 is 1.90 bits per heavy atom. The van der Waals surface area contributed by atoms with Crippen molar-refractivity contribution in [2.45, 2.75) is 64.6 Å². The monoisotopic (exact) mass is 534 g/mol. The summed E-state index contributed by atoms with van der Waals surface area (Å²) in [5, 5.41) is 9.15. The van der Waals surface area contributed by atoms with E-state index in [0.29, 0.717) is 30.4 Å². The number of rotatable bonds is 8. The van der Waals surface area contributed by atoms with E-state index in [-0.39, 0.29) is 41.8 Å². The van der Waals surface area contributed by atoms with Crippen LogP contribution in [0, 0.1) is 19.7 Å². The first-order chi connectivity index (χ1) is 18.5. The van der Waals surface area contributed by atoms with Crippen molar-refractivity contribution >= 4 is 11.8 Å². The van der Waals surface area contributed by atoms with Crippen molar-refractivity contribution in [3.05, 3.63) is 98.2 Å². The summed E-state index contributed by atoms with van der Waals surface area (Å²) in [6.07, 6.45) is 1.78. The predicted molar refractivity (Wildman–Crippen MR) is 146 cm³/mol. The van der Waals surface area contributed by atoms with E-state index in [9.17, 15) is 18.8 Å². The van der Waals surface area contributed by atoms with Crippen LogP contribution in [0.4, 0.5) is 4.39 Å². The van der Waals surface area contributed by atoms with Gasteiger partial charge in [-0.3, -0.25) is 14.4 Å². The molecule has 39 heavy (non-hydrogen) atoms. The van der Waals surface area contributed by atoms with E-state index in [4.69, 9.17) is 4.74 Å². The largest absolute Gasteiger partial charge is 0.377 e. The van der Waals surface area contributed by atoms with Gasteiger partial charge in [-0.05, 0) is 87.6 Å². The molecule has 0 bridgehead atoms. The Kier molecular flexibility index (Phi) is 8.30. The molecular weight excluding hydrogens is 499 g/mol. The van der Waals surface area contributed by atoms with Crippen LogP contribution in [0.15, 0.2) is 53.3 Å². The van der Waals surface area contributed by atoms with Crippen molar-refractivity contribution in [1.29, 1.82) is 0 Å². The summed E-state index contributed by atoms with van der Waals surface area (Å²) in [6.45, 7) is 7.34. The topological polar surface area (TPSA) is 104 Å². The molecule has 9 heteroatoms. The number of benzene rings is 2. The van der Waals surface area contributed by atoms with Crippen molar-refractivity contribution in [3.8, 4) is 0 Å². The number of aromatic amines is 1. The normalized spacial score (nSPS) is 17.3. The number of likely N-dealkylation sites (tertiary alicyclic amines) is 1. The quantitative estimate of drug-likeness (QED) is 0.455. The molecule has 2 heterocycles. The van der Waals surface area contributed by atoms with E-state index in [1.807, 2.05) is 39.8 Å². The lowest BCUT2D eigenvalue weighted by atomic mass is 9.96. The van der Waals surface area contributed by atoms with Crippen LogP contribution in [-0.4, -0.2) is 52.2 Å². The summed E-state index contributed by atoms with van der Waals surface area (Å²) in [4.78, 5) is 40.4. The maximum Gasteiger partial charge on any atom is 0.267 e. The minimum atomic E-state index is -0.621. The van der Waals surface area contributed by atoms with Crippen LogP contribution >= 0.6 is 0 Å². The summed E-state index contributed by atoms with van der Waals surface area (Å²) in [5.74, 6) is -0.990. The van der Waals surface area contributed by atoms with Gasteiger partial charge in [0.2, 0.25) is 5.91 Å². The number of methoxy groups -OCH3 is 1. The molecule has 1 aliphatic rings. The summed E-state index contributed by atoms with van der Waals surface area (Å²) in [7, 11) is 1.61. The highest BCUT2D eigenvalue weighted by atomic mass is 19.1. The van der Waals surface area contributed by atoms with Crippen molar-refractivity contribution in [2.24, 2.45) is 0 Å². The molecule has 8 nitrogen and oxygen atoms in total. The third-order valence-electron chi connectivity index (χ3n) is 7.63. The number of H-pyrrole nitrogens is 1. The van der Waals surface area contributed by atoms with Crippen LogP contribution in [0.1, 0.15) is 71.0 Å². The van der Waals surface area contributed by atoms with Gasteiger partial charge in [0.15, 0.2) is 0 Å². The zero-order chi connectivity index (χ0) is 28.3.